The Hall–Kier alpha value is -2.87. The lowest BCUT2D eigenvalue weighted by molar-refractivity contribution is -0.140. The van der Waals surface area contributed by atoms with Gasteiger partial charge in [0.25, 0.3) is 0 Å². The third-order valence-corrected chi connectivity index (χ3v) is 5.40. The number of ether oxygens (including phenoxy) is 3. The van der Waals surface area contributed by atoms with Crippen LogP contribution in [0, 0.1) is 0 Å². The molecule has 8 heteroatoms. The van der Waals surface area contributed by atoms with Crippen LogP contribution >= 0.6 is 0 Å². The first-order valence-corrected chi connectivity index (χ1v) is 9.26. The van der Waals surface area contributed by atoms with Crippen LogP contribution in [0.3, 0.4) is 0 Å². The van der Waals surface area contributed by atoms with Gasteiger partial charge in [-0.3, -0.25) is 4.79 Å². The van der Waals surface area contributed by atoms with E-state index in [-0.39, 0.29) is 30.5 Å². The first kappa shape index (κ1) is 18.5. The molecule has 1 aromatic carbocycles. The summed E-state index contributed by atoms with van der Waals surface area (Å²) in [6.07, 6.45) is 2.88. The summed E-state index contributed by atoms with van der Waals surface area (Å²) < 4.78 is 15.3. The fourth-order valence-electron chi connectivity index (χ4n) is 4.14. The lowest BCUT2D eigenvalue weighted by Gasteiger charge is -2.37. The van der Waals surface area contributed by atoms with Crippen LogP contribution in [-0.4, -0.2) is 51.9 Å². The van der Waals surface area contributed by atoms with Crippen LogP contribution in [0.2, 0.25) is 0 Å². The van der Waals surface area contributed by atoms with Gasteiger partial charge in [0, 0.05) is 18.7 Å². The highest BCUT2D eigenvalue weighted by atomic mass is 16.5. The van der Waals surface area contributed by atoms with Gasteiger partial charge in [0.05, 0.1) is 32.1 Å². The second-order valence-electron chi connectivity index (χ2n) is 6.98. The molecular weight excluding hydrogens is 364 g/mol. The topological polar surface area (TPSA) is 85.4 Å². The summed E-state index contributed by atoms with van der Waals surface area (Å²) in [6.45, 7) is 0.838. The molecule has 4 rings (SSSR count). The molecule has 28 heavy (non-hydrogen) atoms. The third-order valence-electron chi connectivity index (χ3n) is 5.40. The molecular formula is C20H22N2O6. The number of hydrogen-bond donors (Lipinski definition) is 0. The summed E-state index contributed by atoms with van der Waals surface area (Å²) >= 11 is 0. The molecule has 0 N–H and O–H groups in total. The molecule has 148 valence electrons. The van der Waals surface area contributed by atoms with Crippen LogP contribution in [0.1, 0.15) is 24.0 Å². The molecule has 0 unspecified atom stereocenters. The quantitative estimate of drug-likeness (QED) is 0.724. The van der Waals surface area contributed by atoms with E-state index in [1.165, 1.54) is 14.2 Å². The van der Waals surface area contributed by atoms with E-state index in [2.05, 4.69) is 0 Å². The molecule has 0 bridgehead atoms. The number of amides is 1. The number of carbonyl (C=O) groups is 3. The highest BCUT2D eigenvalue weighted by Crippen LogP contribution is 2.40. The zero-order chi connectivity index (χ0) is 19.8. The summed E-state index contributed by atoms with van der Waals surface area (Å²) in [7, 11) is 2.54. The van der Waals surface area contributed by atoms with Crippen molar-refractivity contribution in [3.63, 3.8) is 0 Å². The van der Waals surface area contributed by atoms with Gasteiger partial charge in [-0.1, -0.05) is 0 Å². The van der Waals surface area contributed by atoms with Crippen molar-refractivity contribution in [2.45, 2.75) is 25.7 Å². The lowest BCUT2D eigenvalue weighted by Crippen LogP contribution is -2.41. The minimum atomic E-state index is -0.624. The van der Waals surface area contributed by atoms with Crippen molar-refractivity contribution in [3.05, 3.63) is 34.5 Å². The smallest absolute Gasteiger partial charge is 0.355 e. The van der Waals surface area contributed by atoms with Crippen LogP contribution in [0.5, 0.6) is 0 Å². The van der Waals surface area contributed by atoms with Gasteiger partial charge in [-0.25, -0.2) is 9.59 Å². The molecule has 8 nitrogen and oxygen atoms in total. The number of carbonyl (C=O) groups excluding carboxylic acids is 3. The minimum absolute atomic E-state index is 0.0202. The molecule has 3 aliphatic heterocycles. The minimum Gasteiger partial charge on any atom is -0.466 e. The van der Waals surface area contributed by atoms with Crippen LogP contribution in [0.25, 0.3) is 0 Å². The highest BCUT2D eigenvalue weighted by molar-refractivity contribution is 6.04. The predicted octanol–water partition coefficient (Wildman–Crippen LogP) is 1.31. The van der Waals surface area contributed by atoms with Crippen molar-refractivity contribution in [2.75, 3.05) is 43.9 Å². The molecule has 0 aromatic heterocycles. The molecule has 0 saturated carbocycles. The van der Waals surface area contributed by atoms with Crippen LogP contribution < -0.4 is 9.80 Å². The summed E-state index contributed by atoms with van der Waals surface area (Å²) in [6, 6.07) is 3.94. The number of aryl methyl sites for hydroxylation is 2. The van der Waals surface area contributed by atoms with Crippen molar-refractivity contribution in [2.24, 2.45) is 0 Å². The van der Waals surface area contributed by atoms with E-state index in [9.17, 15) is 14.4 Å². The van der Waals surface area contributed by atoms with Gasteiger partial charge in [-0.2, -0.15) is 0 Å². The Morgan fingerprint density at radius 3 is 2.43 bits per heavy atom. The fraction of sp³-hybridized carbons (Fsp3) is 0.450. The van der Waals surface area contributed by atoms with Gasteiger partial charge >= 0.3 is 11.9 Å². The maximum absolute atomic E-state index is 12.5. The molecule has 0 saturated heterocycles. The zero-order valence-electron chi connectivity index (χ0n) is 15.9. The maximum atomic E-state index is 12.5. The van der Waals surface area contributed by atoms with Crippen molar-refractivity contribution in [1.82, 2.24) is 0 Å². The summed E-state index contributed by atoms with van der Waals surface area (Å²) in [4.78, 5) is 40.5. The third kappa shape index (κ3) is 2.93. The highest BCUT2D eigenvalue weighted by Gasteiger charge is 2.35. The predicted molar refractivity (Wildman–Crippen MR) is 99.8 cm³/mol. The zero-order valence-corrected chi connectivity index (χ0v) is 15.9. The molecule has 0 atom stereocenters. The molecule has 0 radical (unpaired) electrons. The van der Waals surface area contributed by atoms with Gasteiger partial charge in [0.1, 0.15) is 12.4 Å². The number of anilines is 2. The van der Waals surface area contributed by atoms with Gasteiger partial charge in [0.2, 0.25) is 5.91 Å². The summed E-state index contributed by atoms with van der Waals surface area (Å²) in [5.74, 6) is -1.08. The van der Waals surface area contributed by atoms with E-state index < -0.39 is 11.9 Å². The second kappa shape index (κ2) is 7.27. The van der Waals surface area contributed by atoms with E-state index in [0.717, 1.165) is 41.9 Å². The van der Waals surface area contributed by atoms with E-state index in [4.69, 9.17) is 14.2 Å². The first-order valence-electron chi connectivity index (χ1n) is 9.26. The molecule has 1 amide bonds. The molecule has 0 fully saturated rings. The number of esters is 2. The van der Waals surface area contributed by atoms with Crippen molar-refractivity contribution in [3.8, 4) is 0 Å². The first-order chi connectivity index (χ1) is 13.5. The van der Waals surface area contributed by atoms with Crippen molar-refractivity contribution < 1.29 is 28.6 Å². The van der Waals surface area contributed by atoms with Crippen molar-refractivity contribution in [1.29, 1.82) is 0 Å². The number of benzene rings is 1. The number of hydrogen-bond acceptors (Lipinski definition) is 7. The van der Waals surface area contributed by atoms with E-state index in [0.29, 0.717) is 12.8 Å². The van der Waals surface area contributed by atoms with Crippen LogP contribution in [-0.2, 0) is 41.4 Å². The normalized spacial score (nSPS) is 18.7. The largest absolute Gasteiger partial charge is 0.466 e. The molecule has 0 aliphatic carbocycles. The number of methoxy groups -OCH3 is 2. The Balaban J connectivity index is 1.83. The van der Waals surface area contributed by atoms with Gasteiger partial charge < -0.3 is 24.0 Å². The van der Waals surface area contributed by atoms with Gasteiger partial charge in [-0.15, -0.1) is 0 Å². The number of nitrogens with zero attached hydrogens (tertiary/aromatic N) is 2. The van der Waals surface area contributed by atoms with E-state index in [1.807, 2.05) is 17.0 Å². The van der Waals surface area contributed by atoms with Gasteiger partial charge in [-0.05, 0) is 42.5 Å². The van der Waals surface area contributed by atoms with Crippen LogP contribution in [0.15, 0.2) is 23.4 Å². The molecule has 1 aromatic rings. The Morgan fingerprint density at radius 1 is 1.00 bits per heavy atom. The Kier molecular flexibility index (Phi) is 4.80. The summed E-state index contributed by atoms with van der Waals surface area (Å²) in [5, 5.41) is 0. The van der Waals surface area contributed by atoms with Crippen molar-refractivity contribution >= 4 is 29.2 Å². The maximum Gasteiger partial charge on any atom is 0.355 e. The standard InChI is InChI=1S/C20H22N2O6/c1-26-19(24)15-10-28-11-22(18(15)20(25)27-2)14-8-12-4-3-7-21-16(23)6-5-13(9-14)17(12)21/h8-9H,3-7,10-11H2,1-2H3. The second-order valence-corrected chi connectivity index (χ2v) is 6.98. The van der Waals surface area contributed by atoms with E-state index in [1.54, 1.807) is 4.90 Å². The summed E-state index contributed by atoms with van der Waals surface area (Å²) in [5.41, 5.74) is 4.14. The average Bonchev–Trinajstić information content (AvgIpc) is 2.74. The lowest BCUT2D eigenvalue weighted by atomic mass is 9.90. The van der Waals surface area contributed by atoms with Crippen LogP contribution in [0.4, 0.5) is 11.4 Å². The molecule has 3 heterocycles. The fourth-order valence-corrected chi connectivity index (χ4v) is 4.14. The molecule has 3 aliphatic rings. The van der Waals surface area contributed by atoms with Gasteiger partial charge in [0.15, 0.2) is 0 Å². The Morgan fingerprint density at radius 2 is 1.71 bits per heavy atom. The average molecular weight is 386 g/mol. The Bertz CT molecular complexity index is 874. The monoisotopic (exact) mass is 386 g/mol. The Labute approximate surface area is 162 Å². The van der Waals surface area contributed by atoms with E-state index >= 15 is 0 Å². The molecule has 0 spiro atoms. The SMILES string of the molecule is COC(=O)C1=C(C(=O)OC)N(c2cc3c4c(c2)CCC(=O)N4CCC3)COC1. The number of rotatable bonds is 3.